The molecule has 1 amide bonds. The van der Waals surface area contributed by atoms with E-state index >= 15 is 0 Å². The molecule has 0 aromatic heterocycles. The first-order chi connectivity index (χ1) is 6.16. The third-order valence-electron chi connectivity index (χ3n) is 2.73. The Morgan fingerprint density at radius 1 is 1.46 bits per heavy atom. The lowest BCUT2D eigenvalue weighted by Crippen LogP contribution is -2.29. The maximum absolute atomic E-state index is 10.9. The van der Waals surface area contributed by atoms with Crippen molar-refractivity contribution < 1.29 is 19.4 Å². The average molecular weight is 185 g/mol. The molecule has 5 nitrogen and oxygen atoms in total. The molecule has 0 spiro atoms. The predicted molar refractivity (Wildman–Crippen MR) is 42.2 cm³/mol. The van der Waals surface area contributed by atoms with Crippen LogP contribution in [0.5, 0.6) is 0 Å². The summed E-state index contributed by atoms with van der Waals surface area (Å²) in [5.74, 6) is 0.194. The second-order valence-corrected chi connectivity index (χ2v) is 3.59. The molecule has 0 radical (unpaired) electrons. The summed E-state index contributed by atoms with van der Waals surface area (Å²) in [6, 6.07) is 0. The number of ether oxygens (including phenoxy) is 1. The zero-order valence-corrected chi connectivity index (χ0v) is 7.10. The van der Waals surface area contributed by atoms with Gasteiger partial charge in [0.15, 0.2) is 0 Å². The van der Waals surface area contributed by atoms with Crippen LogP contribution in [0.3, 0.4) is 0 Å². The number of rotatable bonds is 0. The van der Waals surface area contributed by atoms with Gasteiger partial charge in [-0.3, -0.25) is 4.79 Å². The van der Waals surface area contributed by atoms with Gasteiger partial charge in [0.05, 0.1) is 13.0 Å². The third kappa shape index (κ3) is 1.46. The van der Waals surface area contributed by atoms with E-state index < -0.39 is 6.09 Å². The van der Waals surface area contributed by atoms with Crippen molar-refractivity contribution in [3.05, 3.63) is 0 Å². The van der Waals surface area contributed by atoms with E-state index in [1.165, 1.54) is 4.90 Å². The second kappa shape index (κ2) is 2.90. The fourth-order valence-electron chi connectivity index (χ4n) is 1.99. The van der Waals surface area contributed by atoms with Crippen LogP contribution in [0, 0.1) is 11.8 Å². The van der Waals surface area contributed by atoms with Gasteiger partial charge in [0.1, 0.15) is 0 Å². The van der Waals surface area contributed by atoms with Gasteiger partial charge in [0.25, 0.3) is 0 Å². The highest BCUT2D eigenvalue weighted by Crippen LogP contribution is 2.30. The largest absolute Gasteiger partial charge is 0.465 e. The van der Waals surface area contributed by atoms with Crippen LogP contribution in [0.2, 0.25) is 0 Å². The van der Waals surface area contributed by atoms with E-state index in [-0.39, 0.29) is 17.8 Å². The lowest BCUT2D eigenvalue weighted by atomic mass is 9.92. The van der Waals surface area contributed by atoms with E-state index in [2.05, 4.69) is 0 Å². The second-order valence-electron chi connectivity index (χ2n) is 3.59. The average Bonchev–Trinajstić information content (AvgIpc) is 2.46. The molecule has 0 aliphatic carbocycles. The van der Waals surface area contributed by atoms with Crippen molar-refractivity contribution in [3.63, 3.8) is 0 Å². The van der Waals surface area contributed by atoms with Gasteiger partial charge in [0, 0.05) is 19.0 Å². The van der Waals surface area contributed by atoms with E-state index in [0.717, 1.165) is 0 Å². The van der Waals surface area contributed by atoms with E-state index in [4.69, 9.17) is 9.84 Å². The summed E-state index contributed by atoms with van der Waals surface area (Å²) in [4.78, 5) is 22.9. The first kappa shape index (κ1) is 8.34. The molecular formula is C8H11NO4. The van der Waals surface area contributed by atoms with Crippen LogP contribution in [-0.4, -0.2) is 41.8 Å². The zero-order chi connectivity index (χ0) is 9.42. The van der Waals surface area contributed by atoms with Crippen molar-refractivity contribution in [2.45, 2.75) is 6.42 Å². The minimum atomic E-state index is -0.901. The topological polar surface area (TPSA) is 66.8 Å². The number of carbonyl (C=O) groups excluding carboxylic acids is 1. The molecule has 2 unspecified atom stereocenters. The Bertz CT molecular complexity index is 253. The molecule has 0 aromatic carbocycles. The summed E-state index contributed by atoms with van der Waals surface area (Å²) >= 11 is 0. The monoisotopic (exact) mass is 185 g/mol. The number of carbonyl (C=O) groups is 2. The standard InChI is InChI=1S/C8H11NO4/c10-7-1-5-2-9(8(11)12)3-6(5)4-13-7/h5-6H,1-4H2,(H,11,12). The number of hydrogen-bond acceptors (Lipinski definition) is 3. The van der Waals surface area contributed by atoms with Gasteiger partial charge >= 0.3 is 12.1 Å². The maximum Gasteiger partial charge on any atom is 0.407 e. The van der Waals surface area contributed by atoms with Crippen molar-refractivity contribution in [2.24, 2.45) is 11.8 Å². The first-order valence-electron chi connectivity index (χ1n) is 4.30. The molecule has 72 valence electrons. The molecular weight excluding hydrogens is 174 g/mol. The number of cyclic esters (lactones) is 1. The van der Waals surface area contributed by atoms with Crippen molar-refractivity contribution in [2.75, 3.05) is 19.7 Å². The van der Waals surface area contributed by atoms with E-state index in [0.29, 0.717) is 26.1 Å². The molecule has 2 aliphatic rings. The molecule has 2 saturated heterocycles. The number of fused-ring (bicyclic) bond motifs is 1. The van der Waals surface area contributed by atoms with Crippen molar-refractivity contribution >= 4 is 12.1 Å². The van der Waals surface area contributed by atoms with E-state index in [1.54, 1.807) is 0 Å². The summed E-state index contributed by atoms with van der Waals surface area (Å²) in [7, 11) is 0. The Balaban J connectivity index is 2.02. The van der Waals surface area contributed by atoms with Crippen LogP contribution in [0.25, 0.3) is 0 Å². The summed E-state index contributed by atoms with van der Waals surface area (Å²) < 4.78 is 4.86. The fourth-order valence-corrected chi connectivity index (χ4v) is 1.99. The first-order valence-corrected chi connectivity index (χ1v) is 4.30. The number of carboxylic acid groups (broad SMARTS) is 1. The van der Waals surface area contributed by atoms with Crippen LogP contribution in [0.1, 0.15) is 6.42 Å². The molecule has 2 rings (SSSR count). The van der Waals surface area contributed by atoms with E-state index in [1.807, 2.05) is 0 Å². The summed E-state index contributed by atoms with van der Waals surface area (Å²) in [5, 5.41) is 8.73. The highest BCUT2D eigenvalue weighted by atomic mass is 16.5. The normalized spacial score (nSPS) is 32.6. The third-order valence-corrected chi connectivity index (χ3v) is 2.73. The van der Waals surface area contributed by atoms with Crippen LogP contribution in [0.15, 0.2) is 0 Å². The molecule has 2 atom stereocenters. The van der Waals surface area contributed by atoms with Crippen LogP contribution in [-0.2, 0) is 9.53 Å². The van der Waals surface area contributed by atoms with Gasteiger partial charge in [-0.2, -0.15) is 0 Å². The Morgan fingerprint density at radius 2 is 2.15 bits per heavy atom. The fraction of sp³-hybridized carbons (Fsp3) is 0.750. The number of esters is 1. The predicted octanol–water partition coefficient (Wildman–Crippen LogP) is 0.159. The quantitative estimate of drug-likeness (QED) is 0.546. The molecule has 0 saturated carbocycles. The number of hydrogen-bond donors (Lipinski definition) is 1. The number of amides is 1. The van der Waals surface area contributed by atoms with Gasteiger partial charge < -0.3 is 14.7 Å². The van der Waals surface area contributed by atoms with Gasteiger partial charge in [-0.05, 0) is 5.92 Å². The van der Waals surface area contributed by atoms with Crippen molar-refractivity contribution in [3.8, 4) is 0 Å². The highest BCUT2D eigenvalue weighted by molar-refractivity contribution is 5.71. The summed E-state index contributed by atoms with van der Waals surface area (Å²) in [6.45, 7) is 1.37. The minimum Gasteiger partial charge on any atom is -0.465 e. The lowest BCUT2D eigenvalue weighted by Gasteiger charge is -2.22. The Labute approximate surface area is 75.3 Å². The smallest absolute Gasteiger partial charge is 0.407 e. The van der Waals surface area contributed by atoms with Gasteiger partial charge in [-0.25, -0.2) is 4.79 Å². The molecule has 1 N–H and O–H groups in total. The zero-order valence-electron chi connectivity index (χ0n) is 7.10. The van der Waals surface area contributed by atoms with Gasteiger partial charge in [-0.1, -0.05) is 0 Å². The molecule has 2 heterocycles. The van der Waals surface area contributed by atoms with Crippen LogP contribution >= 0.6 is 0 Å². The molecule has 2 aliphatic heterocycles. The Hall–Kier alpha value is -1.26. The lowest BCUT2D eigenvalue weighted by molar-refractivity contribution is -0.151. The highest BCUT2D eigenvalue weighted by Gasteiger charge is 2.40. The van der Waals surface area contributed by atoms with E-state index in [9.17, 15) is 9.59 Å². The summed E-state index contributed by atoms with van der Waals surface area (Å²) in [6.07, 6.45) is -0.532. The molecule has 2 fully saturated rings. The van der Waals surface area contributed by atoms with Crippen molar-refractivity contribution in [1.29, 1.82) is 0 Å². The van der Waals surface area contributed by atoms with Crippen LogP contribution < -0.4 is 0 Å². The minimum absolute atomic E-state index is 0.178. The van der Waals surface area contributed by atoms with Gasteiger partial charge in [0.2, 0.25) is 0 Å². The molecule has 5 heteroatoms. The number of likely N-dealkylation sites (tertiary alicyclic amines) is 1. The molecule has 0 bridgehead atoms. The van der Waals surface area contributed by atoms with Crippen molar-refractivity contribution in [1.82, 2.24) is 4.90 Å². The number of nitrogens with zero attached hydrogens (tertiary/aromatic N) is 1. The van der Waals surface area contributed by atoms with Gasteiger partial charge in [-0.15, -0.1) is 0 Å². The maximum atomic E-state index is 10.9. The van der Waals surface area contributed by atoms with Crippen LogP contribution in [0.4, 0.5) is 4.79 Å². The summed E-state index contributed by atoms with van der Waals surface area (Å²) in [5.41, 5.74) is 0. The molecule has 0 aromatic rings. The Morgan fingerprint density at radius 3 is 2.85 bits per heavy atom. The SMILES string of the molecule is O=C1CC2CN(C(=O)O)CC2CO1. The molecule has 13 heavy (non-hydrogen) atoms. The Kier molecular flexibility index (Phi) is 1.86.